The van der Waals surface area contributed by atoms with E-state index in [2.05, 4.69) is 0 Å². The molecule has 2 atom stereocenters. The van der Waals surface area contributed by atoms with Gasteiger partial charge in [0, 0.05) is 5.75 Å². The van der Waals surface area contributed by atoms with Crippen molar-refractivity contribution in [3.63, 3.8) is 0 Å². The number of carbonyl (C=O) groups excluding carboxylic acids is 1. The molecule has 0 aliphatic carbocycles. The number of hydrogen-bond acceptors (Lipinski definition) is 4. The summed E-state index contributed by atoms with van der Waals surface area (Å²) in [5.74, 6) is -0.0263. The van der Waals surface area contributed by atoms with Crippen molar-refractivity contribution in [1.29, 1.82) is 0 Å². The monoisotopic (exact) mass is 295 g/mol. The summed E-state index contributed by atoms with van der Waals surface area (Å²) in [6.07, 6.45) is -0.604. The van der Waals surface area contributed by atoms with Crippen LogP contribution in [0.3, 0.4) is 0 Å². The number of nitrogens with zero attached hydrogens (tertiary/aromatic N) is 1. The quantitative estimate of drug-likeness (QED) is 0.928. The van der Waals surface area contributed by atoms with Gasteiger partial charge in [-0.1, -0.05) is 32.0 Å². The normalized spacial score (nSPS) is 22.1. The maximum Gasteiger partial charge on any atom is 0.416 e. The summed E-state index contributed by atoms with van der Waals surface area (Å²) in [4.78, 5) is 24.9. The Kier molecular flexibility index (Phi) is 4.54. The van der Waals surface area contributed by atoms with E-state index in [0.29, 0.717) is 11.5 Å². The van der Waals surface area contributed by atoms with E-state index >= 15 is 0 Å². The fourth-order valence-corrected chi connectivity index (χ4v) is 3.57. The molecule has 108 valence electrons. The molecule has 0 aromatic heterocycles. The van der Waals surface area contributed by atoms with Crippen LogP contribution in [0.25, 0.3) is 0 Å². The topological polar surface area (TPSA) is 66.8 Å². The van der Waals surface area contributed by atoms with E-state index in [1.807, 2.05) is 19.9 Å². The summed E-state index contributed by atoms with van der Waals surface area (Å²) in [5, 5.41) is 9.06. The molecule has 6 heteroatoms. The van der Waals surface area contributed by atoms with Gasteiger partial charge in [-0.25, -0.2) is 9.59 Å². The number of benzene rings is 1. The molecule has 1 amide bonds. The van der Waals surface area contributed by atoms with E-state index in [1.165, 1.54) is 16.7 Å². The minimum absolute atomic E-state index is 0.160. The molecule has 0 saturated carbocycles. The van der Waals surface area contributed by atoms with Crippen molar-refractivity contribution in [2.45, 2.75) is 25.3 Å². The Bertz CT molecular complexity index is 491. The number of carbonyl (C=O) groups is 2. The first-order valence-corrected chi connectivity index (χ1v) is 7.45. The zero-order valence-electron chi connectivity index (χ0n) is 11.4. The first-order chi connectivity index (χ1) is 9.50. The Balaban J connectivity index is 2.17. The van der Waals surface area contributed by atoms with Gasteiger partial charge in [0.05, 0.1) is 5.37 Å². The average Bonchev–Trinajstić information content (AvgIpc) is 2.84. The molecule has 1 aromatic rings. The summed E-state index contributed by atoms with van der Waals surface area (Å²) in [6.45, 7) is 3.93. The zero-order valence-corrected chi connectivity index (χ0v) is 12.2. The number of aliphatic carboxylic acids is 1. The number of thioether (sulfide) groups is 1. The van der Waals surface area contributed by atoms with E-state index < -0.39 is 18.1 Å². The maximum atomic E-state index is 12.3. The fourth-order valence-electron chi connectivity index (χ4n) is 2.10. The van der Waals surface area contributed by atoms with Gasteiger partial charge < -0.3 is 9.84 Å². The van der Waals surface area contributed by atoms with Gasteiger partial charge in [0.15, 0.2) is 0 Å². The van der Waals surface area contributed by atoms with Gasteiger partial charge in [-0.15, -0.1) is 11.8 Å². The van der Waals surface area contributed by atoms with Gasteiger partial charge in [0.1, 0.15) is 11.8 Å². The average molecular weight is 295 g/mol. The van der Waals surface area contributed by atoms with Crippen LogP contribution in [-0.2, 0) is 4.79 Å². The van der Waals surface area contributed by atoms with Crippen LogP contribution in [0, 0.1) is 5.92 Å². The number of rotatable bonds is 3. The van der Waals surface area contributed by atoms with Crippen molar-refractivity contribution in [2.24, 2.45) is 5.92 Å². The fraction of sp³-hybridized carbons (Fsp3) is 0.429. The van der Waals surface area contributed by atoms with Gasteiger partial charge in [-0.05, 0) is 18.1 Å². The van der Waals surface area contributed by atoms with Crippen LogP contribution in [0.4, 0.5) is 4.79 Å². The second kappa shape index (κ2) is 6.17. The van der Waals surface area contributed by atoms with Crippen molar-refractivity contribution in [2.75, 3.05) is 5.75 Å². The lowest BCUT2D eigenvalue weighted by molar-refractivity contribution is -0.141. The molecule has 1 aliphatic rings. The van der Waals surface area contributed by atoms with E-state index in [9.17, 15) is 14.7 Å². The highest BCUT2D eigenvalue weighted by Gasteiger charge is 2.44. The van der Waals surface area contributed by atoms with Crippen molar-refractivity contribution in [3.8, 4) is 5.75 Å². The summed E-state index contributed by atoms with van der Waals surface area (Å²) < 4.78 is 5.27. The van der Waals surface area contributed by atoms with E-state index in [4.69, 9.17) is 4.74 Å². The highest BCUT2D eigenvalue weighted by Crippen LogP contribution is 2.34. The number of carboxylic acids is 1. The third-order valence-corrected chi connectivity index (χ3v) is 4.67. The largest absolute Gasteiger partial charge is 0.480 e. The second-order valence-corrected chi connectivity index (χ2v) is 6.06. The Morgan fingerprint density at radius 2 is 2.00 bits per heavy atom. The van der Waals surface area contributed by atoms with Gasteiger partial charge in [0.25, 0.3) is 0 Å². The van der Waals surface area contributed by atoms with Gasteiger partial charge in [-0.3, -0.25) is 4.90 Å². The standard InChI is InChI=1S/C14H17NO4S/c1-9(2)12-15(11(8-20-12)13(16)17)14(18)19-10-6-4-3-5-7-10/h3-7,9,11-12H,8H2,1-2H3,(H,16,17). The van der Waals surface area contributed by atoms with E-state index in [-0.39, 0.29) is 11.3 Å². The van der Waals surface area contributed by atoms with Crippen LogP contribution < -0.4 is 4.74 Å². The third kappa shape index (κ3) is 3.07. The molecule has 0 spiro atoms. The van der Waals surface area contributed by atoms with Crippen molar-refractivity contribution in [1.82, 2.24) is 4.90 Å². The minimum atomic E-state index is -0.995. The lowest BCUT2D eigenvalue weighted by Crippen LogP contribution is -2.48. The summed E-state index contributed by atoms with van der Waals surface area (Å²) in [5.41, 5.74) is 0. The Hall–Kier alpha value is -1.69. The maximum absolute atomic E-state index is 12.3. The van der Waals surface area contributed by atoms with Crippen LogP contribution in [0.2, 0.25) is 0 Å². The molecule has 5 nitrogen and oxygen atoms in total. The first kappa shape index (κ1) is 14.7. The molecule has 2 rings (SSSR count). The van der Waals surface area contributed by atoms with E-state index in [0.717, 1.165) is 0 Å². The summed E-state index contributed by atoms with van der Waals surface area (Å²) >= 11 is 1.48. The van der Waals surface area contributed by atoms with Crippen molar-refractivity contribution >= 4 is 23.8 Å². The van der Waals surface area contributed by atoms with Gasteiger partial charge >= 0.3 is 12.1 Å². The molecule has 20 heavy (non-hydrogen) atoms. The van der Waals surface area contributed by atoms with Gasteiger partial charge in [-0.2, -0.15) is 0 Å². The smallest absolute Gasteiger partial charge is 0.416 e. The van der Waals surface area contributed by atoms with Crippen molar-refractivity contribution < 1.29 is 19.4 Å². The molecular weight excluding hydrogens is 278 g/mol. The Morgan fingerprint density at radius 1 is 1.35 bits per heavy atom. The molecule has 0 bridgehead atoms. The Labute approximate surface area is 121 Å². The number of amides is 1. The second-order valence-electron chi connectivity index (χ2n) is 4.91. The van der Waals surface area contributed by atoms with Gasteiger partial charge in [0.2, 0.25) is 0 Å². The molecule has 1 N–H and O–H groups in total. The SMILES string of the molecule is CC(C)C1SCC(C(=O)O)N1C(=O)Oc1ccccc1. The minimum Gasteiger partial charge on any atom is -0.480 e. The number of para-hydroxylation sites is 1. The lowest BCUT2D eigenvalue weighted by Gasteiger charge is -2.28. The number of ether oxygens (including phenoxy) is 1. The van der Waals surface area contributed by atoms with Crippen LogP contribution in [-0.4, -0.2) is 39.2 Å². The highest BCUT2D eigenvalue weighted by atomic mass is 32.2. The molecular formula is C14H17NO4S. The third-order valence-electron chi connectivity index (χ3n) is 3.05. The van der Waals surface area contributed by atoms with Crippen molar-refractivity contribution in [3.05, 3.63) is 30.3 Å². The molecule has 1 saturated heterocycles. The summed E-state index contributed by atoms with van der Waals surface area (Å²) in [6, 6.07) is 7.85. The first-order valence-electron chi connectivity index (χ1n) is 6.40. The van der Waals surface area contributed by atoms with Crippen LogP contribution in [0.1, 0.15) is 13.8 Å². The molecule has 2 unspecified atom stereocenters. The van der Waals surface area contributed by atoms with E-state index in [1.54, 1.807) is 24.3 Å². The molecule has 1 heterocycles. The van der Waals surface area contributed by atoms with Crippen LogP contribution in [0.15, 0.2) is 30.3 Å². The zero-order chi connectivity index (χ0) is 14.7. The molecule has 1 fully saturated rings. The lowest BCUT2D eigenvalue weighted by atomic mass is 10.2. The highest BCUT2D eigenvalue weighted by molar-refractivity contribution is 8.00. The number of hydrogen-bond donors (Lipinski definition) is 1. The van der Waals surface area contributed by atoms with Crippen LogP contribution in [0.5, 0.6) is 5.75 Å². The molecule has 1 aliphatic heterocycles. The predicted molar refractivity (Wildman–Crippen MR) is 76.8 cm³/mol. The molecule has 1 aromatic carbocycles. The number of carboxylic acid groups (broad SMARTS) is 1. The Morgan fingerprint density at radius 3 is 2.55 bits per heavy atom. The van der Waals surface area contributed by atoms with Crippen LogP contribution >= 0.6 is 11.8 Å². The summed E-state index contributed by atoms with van der Waals surface area (Å²) in [7, 11) is 0. The predicted octanol–water partition coefficient (Wildman–Crippen LogP) is 2.67. The molecule has 0 radical (unpaired) electrons.